The van der Waals surface area contributed by atoms with E-state index in [2.05, 4.69) is 0 Å². The summed E-state index contributed by atoms with van der Waals surface area (Å²) < 4.78 is 0. The fourth-order valence-electron chi connectivity index (χ4n) is 3.56. The third-order valence-electron chi connectivity index (χ3n) is 4.61. The molecule has 20 heavy (non-hydrogen) atoms. The number of nitrogen functional groups attached to an aromatic ring is 1. The highest BCUT2D eigenvalue weighted by atomic mass is 16.2. The van der Waals surface area contributed by atoms with Gasteiger partial charge in [0, 0.05) is 18.5 Å². The van der Waals surface area contributed by atoms with Crippen molar-refractivity contribution < 1.29 is 9.59 Å². The fraction of sp³-hybridized carbons (Fsp3) is 0.500. The van der Waals surface area contributed by atoms with Gasteiger partial charge in [-0.2, -0.15) is 0 Å². The molecule has 0 atom stereocenters. The summed E-state index contributed by atoms with van der Waals surface area (Å²) >= 11 is 0. The van der Waals surface area contributed by atoms with E-state index in [9.17, 15) is 9.59 Å². The standard InChI is InChI=1S/C16H20N2O2/c17-13-5-3-4-12(8-13)11-18-14(19)9-16(10-15(18)20)6-1-2-7-16/h3-5,8H,1-2,6-7,9-11,17H2. The summed E-state index contributed by atoms with van der Waals surface area (Å²) in [6, 6.07) is 7.37. The van der Waals surface area contributed by atoms with Gasteiger partial charge in [-0.15, -0.1) is 0 Å². The van der Waals surface area contributed by atoms with E-state index in [0.29, 0.717) is 25.1 Å². The summed E-state index contributed by atoms with van der Waals surface area (Å²) in [5.74, 6) is -0.0452. The maximum atomic E-state index is 12.3. The first-order chi connectivity index (χ1) is 9.58. The number of rotatable bonds is 2. The number of amides is 2. The number of benzene rings is 1. The minimum absolute atomic E-state index is 0.0226. The summed E-state index contributed by atoms with van der Waals surface area (Å²) in [6.45, 7) is 0.346. The monoisotopic (exact) mass is 272 g/mol. The number of anilines is 1. The molecule has 1 aromatic rings. The van der Waals surface area contributed by atoms with Crippen LogP contribution in [0.1, 0.15) is 44.1 Å². The van der Waals surface area contributed by atoms with E-state index in [4.69, 9.17) is 5.73 Å². The van der Waals surface area contributed by atoms with E-state index >= 15 is 0 Å². The molecule has 1 spiro atoms. The van der Waals surface area contributed by atoms with E-state index in [1.54, 1.807) is 6.07 Å². The quantitative estimate of drug-likeness (QED) is 0.664. The lowest BCUT2D eigenvalue weighted by Crippen LogP contribution is -2.46. The Kier molecular flexibility index (Phi) is 3.24. The van der Waals surface area contributed by atoms with E-state index in [1.807, 2.05) is 18.2 Å². The summed E-state index contributed by atoms with van der Waals surface area (Å²) in [6.07, 6.45) is 5.40. The summed E-state index contributed by atoms with van der Waals surface area (Å²) in [5.41, 5.74) is 7.28. The van der Waals surface area contributed by atoms with Crippen LogP contribution < -0.4 is 5.73 Å². The second-order valence-corrected chi connectivity index (χ2v) is 6.18. The van der Waals surface area contributed by atoms with Crippen LogP contribution in [0.5, 0.6) is 0 Å². The zero-order chi connectivity index (χ0) is 14.2. The molecule has 4 heteroatoms. The van der Waals surface area contributed by atoms with Gasteiger partial charge < -0.3 is 5.73 Å². The van der Waals surface area contributed by atoms with Gasteiger partial charge in [0.2, 0.25) is 11.8 Å². The average Bonchev–Trinajstić information content (AvgIpc) is 2.82. The Morgan fingerprint density at radius 2 is 1.75 bits per heavy atom. The predicted octanol–water partition coefficient (Wildman–Crippen LogP) is 2.48. The third kappa shape index (κ3) is 2.42. The lowest BCUT2D eigenvalue weighted by atomic mass is 9.76. The van der Waals surface area contributed by atoms with E-state index in [-0.39, 0.29) is 17.2 Å². The number of carbonyl (C=O) groups excluding carboxylic acids is 2. The van der Waals surface area contributed by atoms with Crippen molar-refractivity contribution in [2.24, 2.45) is 5.41 Å². The predicted molar refractivity (Wildman–Crippen MR) is 76.5 cm³/mol. The Morgan fingerprint density at radius 3 is 2.35 bits per heavy atom. The molecule has 2 N–H and O–H groups in total. The zero-order valence-corrected chi connectivity index (χ0v) is 11.6. The number of imide groups is 1. The largest absolute Gasteiger partial charge is 0.399 e. The molecule has 2 amide bonds. The molecule has 0 unspecified atom stereocenters. The smallest absolute Gasteiger partial charge is 0.230 e. The van der Waals surface area contributed by atoms with Crippen LogP contribution in [0.25, 0.3) is 0 Å². The van der Waals surface area contributed by atoms with Crippen molar-refractivity contribution in [1.82, 2.24) is 4.90 Å². The van der Waals surface area contributed by atoms with Gasteiger partial charge in [-0.3, -0.25) is 14.5 Å². The second-order valence-electron chi connectivity index (χ2n) is 6.18. The molecule has 0 aromatic heterocycles. The van der Waals surface area contributed by atoms with E-state index < -0.39 is 0 Å². The first kappa shape index (κ1) is 13.2. The van der Waals surface area contributed by atoms with E-state index in [0.717, 1.165) is 31.2 Å². The molecule has 4 nitrogen and oxygen atoms in total. The molecular weight excluding hydrogens is 252 g/mol. The Balaban J connectivity index is 1.75. The van der Waals surface area contributed by atoms with Gasteiger partial charge in [0.15, 0.2) is 0 Å². The number of nitrogens with zero attached hydrogens (tertiary/aromatic N) is 1. The molecule has 1 aliphatic carbocycles. The Hall–Kier alpha value is -1.84. The highest BCUT2D eigenvalue weighted by Gasteiger charge is 2.44. The molecule has 1 aromatic carbocycles. The van der Waals surface area contributed by atoms with Crippen LogP contribution >= 0.6 is 0 Å². The number of nitrogens with two attached hydrogens (primary N) is 1. The highest BCUT2D eigenvalue weighted by molar-refractivity contribution is 5.98. The second kappa shape index (κ2) is 4.93. The third-order valence-corrected chi connectivity index (χ3v) is 4.61. The molecule has 0 radical (unpaired) electrons. The van der Waals surface area contributed by atoms with Crippen molar-refractivity contribution in [3.05, 3.63) is 29.8 Å². The van der Waals surface area contributed by atoms with Crippen LogP contribution in [-0.4, -0.2) is 16.7 Å². The Bertz CT molecular complexity index is 527. The minimum atomic E-state index is -0.0274. The van der Waals surface area contributed by atoms with Gasteiger partial charge in [-0.1, -0.05) is 25.0 Å². The maximum absolute atomic E-state index is 12.3. The van der Waals surface area contributed by atoms with Gasteiger partial charge in [-0.05, 0) is 36.0 Å². The average molecular weight is 272 g/mol. The number of hydrogen-bond donors (Lipinski definition) is 1. The van der Waals surface area contributed by atoms with Crippen LogP contribution in [0.15, 0.2) is 24.3 Å². The number of likely N-dealkylation sites (tertiary alicyclic amines) is 1. The van der Waals surface area contributed by atoms with Crippen molar-refractivity contribution >= 4 is 17.5 Å². The van der Waals surface area contributed by atoms with Crippen molar-refractivity contribution in [3.8, 4) is 0 Å². The normalized spacial score (nSPS) is 21.7. The molecule has 0 bridgehead atoms. The van der Waals surface area contributed by atoms with Crippen LogP contribution in [-0.2, 0) is 16.1 Å². The zero-order valence-electron chi connectivity index (χ0n) is 11.6. The molecular formula is C16H20N2O2. The van der Waals surface area contributed by atoms with Gasteiger partial charge in [0.05, 0.1) is 6.54 Å². The van der Waals surface area contributed by atoms with Gasteiger partial charge >= 0.3 is 0 Å². The molecule has 1 saturated heterocycles. The lowest BCUT2D eigenvalue weighted by Gasteiger charge is -2.37. The van der Waals surface area contributed by atoms with E-state index in [1.165, 1.54) is 4.90 Å². The van der Waals surface area contributed by atoms with Crippen LogP contribution in [0.4, 0.5) is 5.69 Å². The fourth-order valence-corrected chi connectivity index (χ4v) is 3.56. The van der Waals surface area contributed by atoms with Gasteiger partial charge in [0.1, 0.15) is 0 Å². The summed E-state index contributed by atoms with van der Waals surface area (Å²) in [7, 11) is 0. The van der Waals surface area contributed by atoms with Crippen LogP contribution in [0.2, 0.25) is 0 Å². The molecule has 1 heterocycles. The molecule has 1 aliphatic heterocycles. The topological polar surface area (TPSA) is 63.4 Å². The van der Waals surface area contributed by atoms with Gasteiger partial charge in [-0.25, -0.2) is 0 Å². The van der Waals surface area contributed by atoms with Crippen molar-refractivity contribution in [2.45, 2.75) is 45.1 Å². The first-order valence-electron chi connectivity index (χ1n) is 7.26. The number of carbonyl (C=O) groups is 2. The van der Waals surface area contributed by atoms with Gasteiger partial charge in [0.25, 0.3) is 0 Å². The molecule has 2 aliphatic rings. The summed E-state index contributed by atoms with van der Waals surface area (Å²) in [5, 5.41) is 0. The SMILES string of the molecule is Nc1cccc(CN2C(=O)CC3(CCCC3)CC2=O)c1. The number of hydrogen-bond acceptors (Lipinski definition) is 3. The Labute approximate surface area is 118 Å². The molecule has 2 fully saturated rings. The number of piperidine rings is 1. The van der Waals surface area contributed by atoms with Crippen LogP contribution in [0, 0.1) is 5.41 Å². The van der Waals surface area contributed by atoms with Crippen molar-refractivity contribution in [1.29, 1.82) is 0 Å². The van der Waals surface area contributed by atoms with Crippen LogP contribution in [0.3, 0.4) is 0 Å². The van der Waals surface area contributed by atoms with Crippen molar-refractivity contribution in [2.75, 3.05) is 5.73 Å². The molecule has 3 rings (SSSR count). The molecule has 1 saturated carbocycles. The molecule has 106 valence electrons. The highest BCUT2D eigenvalue weighted by Crippen LogP contribution is 2.47. The first-order valence-corrected chi connectivity index (χ1v) is 7.26. The lowest BCUT2D eigenvalue weighted by molar-refractivity contribution is -0.154. The Morgan fingerprint density at radius 1 is 1.10 bits per heavy atom. The maximum Gasteiger partial charge on any atom is 0.230 e. The van der Waals surface area contributed by atoms with Crippen molar-refractivity contribution in [3.63, 3.8) is 0 Å². The minimum Gasteiger partial charge on any atom is -0.399 e. The summed E-state index contributed by atoms with van der Waals surface area (Å²) in [4.78, 5) is 26.1.